The van der Waals surface area contributed by atoms with E-state index in [-0.39, 0.29) is 34.0 Å². The lowest BCUT2D eigenvalue weighted by molar-refractivity contribution is 0.370. The van der Waals surface area contributed by atoms with E-state index in [9.17, 15) is 0 Å². The first-order valence-corrected chi connectivity index (χ1v) is 6.81. The molecule has 5 nitrogen and oxygen atoms in total. The minimum atomic E-state index is 0. The molecule has 0 aromatic carbocycles. The molecular weight excluding hydrogens is 398 g/mol. The SMILES string of the molecule is Br.Br.Cn1cncc1-c1cncc(CC2CCNCC2)n1. The minimum absolute atomic E-state index is 0. The zero-order valence-electron chi connectivity index (χ0n) is 12.0. The highest BCUT2D eigenvalue weighted by molar-refractivity contribution is 8.93. The highest BCUT2D eigenvalue weighted by Crippen LogP contribution is 2.19. The van der Waals surface area contributed by atoms with Gasteiger partial charge in [-0.05, 0) is 38.3 Å². The second-order valence-electron chi connectivity index (χ2n) is 5.18. The maximum atomic E-state index is 4.73. The van der Waals surface area contributed by atoms with Gasteiger partial charge in [-0.25, -0.2) is 9.97 Å². The van der Waals surface area contributed by atoms with Gasteiger partial charge >= 0.3 is 0 Å². The van der Waals surface area contributed by atoms with Crippen LogP contribution < -0.4 is 5.32 Å². The lowest BCUT2D eigenvalue weighted by Gasteiger charge is -2.22. The van der Waals surface area contributed by atoms with Gasteiger partial charge in [0.05, 0.1) is 30.1 Å². The number of aromatic nitrogens is 4. The summed E-state index contributed by atoms with van der Waals surface area (Å²) in [5, 5.41) is 3.39. The largest absolute Gasteiger partial charge is 0.332 e. The Kier molecular flexibility index (Phi) is 7.48. The van der Waals surface area contributed by atoms with Crippen LogP contribution in [0.4, 0.5) is 0 Å². The summed E-state index contributed by atoms with van der Waals surface area (Å²) in [5.74, 6) is 0.734. The number of imidazole rings is 1. The van der Waals surface area contributed by atoms with Gasteiger partial charge in [-0.1, -0.05) is 0 Å². The lowest BCUT2D eigenvalue weighted by atomic mass is 9.93. The number of hydrogen-bond acceptors (Lipinski definition) is 4. The first-order valence-electron chi connectivity index (χ1n) is 6.81. The molecule has 0 bridgehead atoms. The van der Waals surface area contributed by atoms with Crippen molar-refractivity contribution in [1.82, 2.24) is 24.8 Å². The Morgan fingerprint density at radius 1 is 1.14 bits per heavy atom. The Balaban J connectivity index is 0.00000110. The first kappa shape index (κ1) is 18.3. The van der Waals surface area contributed by atoms with E-state index in [0.717, 1.165) is 42.5 Å². The van der Waals surface area contributed by atoms with Crippen molar-refractivity contribution >= 4 is 34.0 Å². The summed E-state index contributed by atoms with van der Waals surface area (Å²) in [5.41, 5.74) is 3.01. The highest BCUT2D eigenvalue weighted by Gasteiger charge is 2.15. The third-order valence-corrected chi connectivity index (χ3v) is 3.72. The lowest BCUT2D eigenvalue weighted by Crippen LogP contribution is -2.28. The maximum absolute atomic E-state index is 4.73. The third kappa shape index (κ3) is 4.59. The topological polar surface area (TPSA) is 55.6 Å². The summed E-state index contributed by atoms with van der Waals surface area (Å²) < 4.78 is 1.97. The molecule has 116 valence electrons. The summed E-state index contributed by atoms with van der Waals surface area (Å²) in [6.07, 6.45) is 10.8. The normalized spacial score (nSPS) is 15.1. The second kappa shape index (κ2) is 8.60. The summed E-state index contributed by atoms with van der Waals surface area (Å²) in [6, 6.07) is 0. The third-order valence-electron chi connectivity index (χ3n) is 3.72. The molecule has 3 heterocycles. The van der Waals surface area contributed by atoms with Crippen molar-refractivity contribution in [2.75, 3.05) is 13.1 Å². The zero-order valence-corrected chi connectivity index (χ0v) is 15.5. The van der Waals surface area contributed by atoms with Crippen LogP contribution in [-0.2, 0) is 13.5 Å². The van der Waals surface area contributed by atoms with Crippen molar-refractivity contribution in [3.63, 3.8) is 0 Å². The molecular formula is C14H21Br2N5. The van der Waals surface area contributed by atoms with Crippen LogP contribution in [0.3, 0.4) is 0 Å². The number of piperidine rings is 1. The van der Waals surface area contributed by atoms with E-state index in [1.165, 1.54) is 12.8 Å². The fraction of sp³-hybridized carbons (Fsp3) is 0.500. The standard InChI is InChI=1S/C14H19N5.2BrH/c1-19-10-17-9-14(19)13-8-16-7-12(18-13)6-11-2-4-15-5-3-11;;/h7-11,15H,2-6H2,1H3;2*1H. The molecule has 0 radical (unpaired) electrons. The molecule has 2 aromatic heterocycles. The molecule has 0 amide bonds. The predicted octanol–water partition coefficient (Wildman–Crippen LogP) is 2.58. The number of nitrogens with one attached hydrogen (secondary N) is 1. The van der Waals surface area contributed by atoms with Crippen LogP contribution >= 0.6 is 34.0 Å². The van der Waals surface area contributed by atoms with E-state index in [4.69, 9.17) is 4.98 Å². The predicted molar refractivity (Wildman–Crippen MR) is 94.2 cm³/mol. The number of nitrogens with zero attached hydrogens (tertiary/aromatic N) is 4. The number of halogens is 2. The van der Waals surface area contributed by atoms with Crippen LogP contribution in [0.15, 0.2) is 24.9 Å². The monoisotopic (exact) mass is 417 g/mol. The van der Waals surface area contributed by atoms with Gasteiger partial charge in [0.1, 0.15) is 5.69 Å². The molecule has 0 atom stereocenters. The second-order valence-corrected chi connectivity index (χ2v) is 5.18. The molecule has 7 heteroatoms. The molecule has 0 spiro atoms. The molecule has 3 rings (SSSR count). The Morgan fingerprint density at radius 3 is 2.57 bits per heavy atom. The Labute approximate surface area is 146 Å². The fourth-order valence-corrected chi connectivity index (χ4v) is 2.61. The summed E-state index contributed by atoms with van der Waals surface area (Å²) in [4.78, 5) is 13.2. The molecule has 2 aromatic rings. The van der Waals surface area contributed by atoms with Crippen LogP contribution in [0.1, 0.15) is 18.5 Å². The van der Waals surface area contributed by atoms with E-state index in [1.54, 1.807) is 6.33 Å². The quantitative estimate of drug-likeness (QED) is 0.832. The van der Waals surface area contributed by atoms with E-state index < -0.39 is 0 Å². The Morgan fingerprint density at radius 2 is 1.90 bits per heavy atom. The van der Waals surface area contributed by atoms with Crippen LogP contribution in [0, 0.1) is 5.92 Å². The molecule has 1 saturated heterocycles. The molecule has 1 aliphatic rings. The van der Waals surface area contributed by atoms with Crippen LogP contribution in [0.25, 0.3) is 11.4 Å². The van der Waals surface area contributed by atoms with Gasteiger partial charge in [0.2, 0.25) is 0 Å². The smallest absolute Gasteiger partial charge is 0.107 e. The van der Waals surface area contributed by atoms with E-state index >= 15 is 0 Å². The molecule has 0 unspecified atom stereocenters. The maximum Gasteiger partial charge on any atom is 0.107 e. The summed E-state index contributed by atoms with van der Waals surface area (Å²) >= 11 is 0. The van der Waals surface area contributed by atoms with Crippen molar-refractivity contribution in [1.29, 1.82) is 0 Å². The molecule has 1 fully saturated rings. The zero-order chi connectivity index (χ0) is 13.1. The molecule has 0 saturated carbocycles. The molecule has 1 N–H and O–H groups in total. The van der Waals surface area contributed by atoms with Crippen molar-refractivity contribution in [2.45, 2.75) is 19.3 Å². The molecule has 21 heavy (non-hydrogen) atoms. The summed E-state index contributed by atoms with van der Waals surface area (Å²) in [7, 11) is 1.98. The average Bonchev–Trinajstić information content (AvgIpc) is 2.86. The number of hydrogen-bond donors (Lipinski definition) is 1. The first-order chi connectivity index (χ1) is 9.33. The minimum Gasteiger partial charge on any atom is -0.332 e. The van der Waals surface area contributed by atoms with Gasteiger partial charge < -0.3 is 9.88 Å². The van der Waals surface area contributed by atoms with Crippen molar-refractivity contribution < 1.29 is 0 Å². The molecule has 1 aliphatic heterocycles. The number of aryl methyl sites for hydroxylation is 1. The van der Waals surface area contributed by atoms with Gasteiger partial charge in [-0.15, -0.1) is 34.0 Å². The average molecular weight is 419 g/mol. The van der Waals surface area contributed by atoms with Crippen molar-refractivity contribution in [2.24, 2.45) is 13.0 Å². The van der Waals surface area contributed by atoms with Gasteiger partial charge in [-0.3, -0.25) is 4.98 Å². The highest BCUT2D eigenvalue weighted by atomic mass is 79.9. The van der Waals surface area contributed by atoms with Crippen LogP contribution in [0.5, 0.6) is 0 Å². The van der Waals surface area contributed by atoms with Crippen molar-refractivity contribution in [3.05, 3.63) is 30.6 Å². The summed E-state index contributed by atoms with van der Waals surface area (Å²) in [6.45, 7) is 2.25. The van der Waals surface area contributed by atoms with Crippen LogP contribution in [0.2, 0.25) is 0 Å². The fourth-order valence-electron chi connectivity index (χ4n) is 2.61. The van der Waals surface area contributed by atoms with E-state index in [2.05, 4.69) is 15.3 Å². The van der Waals surface area contributed by atoms with Crippen molar-refractivity contribution in [3.8, 4) is 11.4 Å². The van der Waals surface area contributed by atoms with Gasteiger partial charge in [0.25, 0.3) is 0 Å². The molecule has 0 aliphatic carbocycles. The van der Waals surface area contributed by atoms with Gasteiger partial charge in [0, 0.05) is 13.2 Å². The number of rotatable bonds is 3. The Bertz CT molecular complexity index is 552. The van der Waals surface area contributed by atoms with Crippen LogP contribution in [-0.4, -0.2) is 32.6 Å². The van der Waals surface area contributed by atoms with Gasteiger partial charge in [0.15, 0.2) is 0 Å². The van der Waals surface area contributed by atoms with Gasteiger partial charge in [-0.2, -0.15) is 0 Å². The van der Waals surface area contributed by atoms with E-state index in [0.29, 0.717) is 0 Å². The van der Waals surface area contributed by atoms with E-state index in [1.807, 2.05) is 30.2 Å². The Hall–Kier alpha value is -0.790.